The first-order chi connectivity index (χ1) is 10.2. The number of fused-ring (bicyclic) bond motifs is 3. The van der Waals surface area contributed by atoms with Gasteiger partial charge in [-0.3, -0.25) is 4.79 Å². The summed E-state index contributed by atoms with van der Waals surface area (Å²) in [5.41, 5.74) is 2.48. The van der Waals surface area contributed by atoms with Crippen LogP contribution in [0.4, 0.5) is 0 Å². The normalized spacial score (nSPS) is 11.3. The molecule has 4 rings (SSSR count). The Hall–Kier alpha value is -2.59. The van der Waals surface area contributed by atoms with Crippen LogP contribution in [0.3, 0.4) is 0 Å². The van der Waals surface area contributed by atoms with Gasteiger partial charge in [-0.2, -0.15) is 0 Å². The molecule has 2 heterocycles. The number of pyridine rings is 1. The molecule has 4 aromatic rings. The summed E-state index contributed by atoms with van der Waals surface area (Å²) in [7, 11) is 0. The lowest BCUT2D eigenvalue weighted by Gasteiger charge is -1.98. The SMILES string of the molecule is O=c1[nH]c2ccccc2c2nc(-c3ccccc3Cl)[nH]c12. The van der Waals surface area contributed by atoms with Gasteiger partial charge in [0.15, 0.2) is 0 Å². The summed E-state index contributed by atoms with van der Waals surface area (Å²) >= 11 is 6.20. The van der Waals surface area contributed by atoms with Crippen molar-refractivity contribution in [2.24, 2.45) is 0 Å². The molecule has 4 nitrogen and oxygen atoms in total. The molecule has 0 spiro atoms. The number of H-pyrrole nitrogens is 2. The van der Waals surface area contributed by atoms with Gasteiger partial charge in [-0.05, 0) is 18.2 Å². The van der Waals surface area contributed by atoms with Crippen LogP contribution in [0, 0.1) is 0 Å². The van der Waals surface area contributed by atoms with Gasteiger partial charge < -0.3 is 9.97 Å². The van der Waals surface area contributed by atoms with Gasteiger partial charge in [0.05, 0.1) is 10.5 Å². The fourth-order valence-electron chi connectivity index (χ4n) is 2.50. The van der Waals surface area contributed by atoms with E-state index in [9.17, 15) is 4.79 Å². The average molecular weight is 296 g/mol. The van der Waals surface area contributed by atoms with Crippen molar-refractivity contribution in [3.8, 4) is 11.4 Å². The number of nitrogens with one attached hydrogen (secondary N) is 2. The summed E-state index contributed by atoms with van der Waals surface area (Å²) in [5, 5.41) is 1.50. The van der Waals surface area contributed by atoms with Crippen molar-refractivity contribution < 1.29 is 0 Å². The van der Waals surface area contributed by atoms with Crippen LogP contribution in [0.25, 0.3) is 33.3 Å². The average Bonchev–Trinajstić information content (AvgIpc) is 2.94. The molecule has 102 valence electrons. The Kier molecular flexibility index (Phi) is 2.59. The molecular weight excluding hydrogens is 286 g/mol. The molecule has 5 heteroatoms. The molecule has 0 unspecified atom stereocenters. The van der Waals surface area contributed by atoms with Gasteiger partial charge >= 0.3 is 0 Å². The summed E-state index contributed by atoms with van der Waals surface area (Å²) in [6.45, 7) is 0. The summed E-state index contributed by atoms with van der Waals surface area (Å²) in [6.07, 6.45) is 0. The summed E-state index contributed by atoms with van der Waals surface area (Å²) < 4.78 is 0. The second-order valence-electron chi connectivity index (χ2n) is 4.79. The Bertz CT molecular complexity index is 1030. The highest BCUT2D eigenvalue weighted by molar-refractivity contribution is 6.33. The number of imidazole rings is 1. The number of aromatic amines is 2. The summed E-state index contributed by atoms with van der Waals surface area (Å²) in [4.78, 5) is 22.7. The van der Waals surface area contributed by atoms with Crippen molar-refractivity contribution >= 4 is 33.5 Å². The Morgan fingerprint density at radius 2 is 1.71 bits per heavy atom. The van der Waals surface area contributed by atoms with E-state index in [2.05, 4.69) is 15.0 Å². The van der Waals surface area contributed by atoms with Crippen LogP contribution in [0.2, 0.25) is 5.02 Å². The molecule has 2 aromatic heterocycles. The fourth-order valence-corrected chi connectivity index (χ4v) is 2.72. The van der Waals surface area contributed by atoms with E-state index in [0.717, 1.165) is 16.5 Å². The Balaban J connectivity index is 2.11. The molecule has 0 aliphatic rings. The van der Waals surface area contributed by atoms with Crippen LogP contribution < -0.4 is 5.56 Å². The Morgan fingerprint density at radius 1 is 0.952 bits per heavy atom. The van der Waals surface area contributed by atoms with E-state index >= 15 is 0 Å². The number of hydrogen-bond donors (Lipinski definition) is 2. The first-order valence-electron chi connectivity index (χ1n) is 6.50. The number of halogens is 1. The quantitative estimate of drug-likeness (QED) is 0.562. The van der Waals surface area contributed by atoms with E-state index in [-0.39, 0.29) is 5.56 Å². The van der Waals surface area contributed by atoms with Gasteiger partial charge in [0.25, 0.3) is 5.56 Å². The lowest BCUT2D eigenvalue weighted by molar-refractivity contribution is 1.30. The van der Waals surface area contributed by atoms with Crippen LogP contribution in [-0.2, 0) is 0 Å². The van der Waals surface area contributed by atoms with Gasteiger partial charge in [0, 0.05) is 10.9 Å². The molecule has 2 N–H and O–H groups in total. The third kappa shape index (κ3) is 1.84. The molecule has 0 saturated heterocycles. The first kappa shape index (κ1) is 12.2. The lowest BCUT2D eigenvalue weighted by atomic mass is 10.2. The fraction of sp³-hybridized carbons (Fsp3) is 0. The van der Waals surface area contributed by atoms with Crippen LogP contribution in [-0.4, -0.2) is 15.0 Å². The highest BCUT2D eigenvalue weighted by atomic mass is 35.5. The molecule has 0 aliphatic heterocycles. The Labute approximate surface area is 124 Å². The van der Waals surface area contributed by atoms with E-state index in [1.165, 1.54) is 0 Å². The van der Waals surface area contributed by atoms with E-state index in [1.807, 2.05) is 42.5 Å². The van der Waals surface area contributed by atoms with Gasteiger partial charge in [-0.1, -0.05) is 41.9 Å². The molecule has 0 fully saturated rings. The van der Waals surface area contributed by atoms with Crippen molar-refractivity contribution in [3.05, 3.63) is 63.9 Å². The third-order valence-electron chi connectivity index (χ3n) is 3.49. The van der Waals surface area contributed by atoms with Gasteiger partial charge in [-0.15, -0.1) is 0 Å². The molecule has 0 radical (unpaired) electrons. The molecule has 0 aliphatic carbocycles. The molecule has 0 saturated carbocycles. The highest BCUT2D eigenvalue weighted by Gasteiger charge is 2.13. The summed E-state index contributed by atoms with van der Waals surface area (Å²) in [6, 6.07) is 15.0. The van der Waals surface area contributed by atoms with E-state index < -0.39 is 0 Å². The topological polar surface area (TPSA) is 61.5 Å². The van der Waals surface area contributed by atoms with Crippen molar-refractivity contribution in [2.45, 2.75) is 0 Å². The number of nitrogens with zero attached hydrogens (tertiary/aromatic N) is 1. The molecule has 0 atom stereocenters. The van der Waals surface area contributed by atoms with Crippen LogP contribution in [0.1, 0.15) is 0 Å². The monoisotopic (exact) mass is 295 g/mol. The van der Waals surface area contributed by atoms with Crippen molar-refractivity contribution in [3.63, 3.8) is 0 Å². The number of para-hydroxylation sites is 1. The maximum atomic E-state index is 12.2. The van der Waals surface area contributed by atoms with Gasteiger partial charge in [0.2, 0.25) is 0 Å². The summed E-state index contributed by atoms with van der Waals surface area (Å²) in [5.74, 6) is 0.595. The van der Waals surface area contributed by atoms with Gasteiger partial charge in [0.1, 0.15) is 16.9 Å². The van der Waals surface area contributed by atoms with E-state index in [4.69, 9.17) is 11.6 Å². The zero-order chi connectivity index (χ0) is 14.4. The largest absolute Gasteiger partial charge is 0.333 e. The molecular formula is C16H10ClN3O. The van der Waals surface area contributed by atoms with Gasteiger partial charge in [-0.25, -0.2) is 4.98 Å². The van der Waals surface area contributed by atoms with Crippen molar-refractivity contribution in [1.29, 1.82) is 0 Å². The predicted octanol–water partition coefficient (Wildman–Crippen LogP) is 3.72. The number of benzene rings is 2. The first-order valence-corrected chi connectivity index (χ1v) is 6.87. The Morgan fingerprint density at radius 3 is 2.57 bits per heavy atom. The molecule has 0 bridgehead atoms. The smallest absolute Gasteiger partial charge is 0.274 e. The minimum absolute atomic E-state index is 0.186. The zero-order valence-corrected chi connectivity index (χ0v) is 11.6. The third-order valence-corrected chi connectivity index (χ3v) is 3.82. The van der Waals surface area contributed by atoms with Crippen molar-refractivity contribution in [1.82, 2.24) is 15.0 Å². The van der Waals surface area contributed by atoms with E-state index in [1.54, 1.807) is 6.07 Å². The maximum Gasteiger partial charge on any atom is 0.274 e. The second-order valence-corrected chi connectivity index (χ2v) is 5.20. The molecule has 2 aromatic carbocycles. The lowest BCUT2D eigenvalue weighted by Crippen LogP contribution is -2.06. The standard InChI is InChI=1S/C16H10ClN3O/c17-11-7-3-1-5-9(11)15-19-13-10-6-2-4-8-12(10)18-16(21)14(13)20-15/h1-8H,(H,18,21)(H,19,20). The van der Waals surface area contributed by atoms with Crippen LogP contribution >= 0.6 is 11.6 Å². The zero-order valence-electron chi connectivity index (χ0n) is 10.9. The number of hydrogen-bond acceptors (Lipinski definition) is 2. The number of aromatic nitrogens is 3. The minimum atomic E-state index is -0.186. The molecule has 0 amide bonds. The van der Waals surface area contributed by atoms with Crippen LogP contribution in [0.5, 0.6) is 0 Å². The van der Waals surface area contributed by atoms with Crippen LogP contribution in [0.15, 0.2) is 53.3 Å². The molecule has 21 heavy (non-hydrogen) atoms. The van der Waals surface area contributed by atoms with Crippen molar-refractivity contribution in [2.75, 3.05) is 0 Å². The predicted molar refractivity (Wildman–Crippen MR) is 84.7 cm³/mol. The van der Waals surface area contributed by atoms with E-state index in [0.29, 0.717) is 21.9 Å². The second kappa shape index (κ2) is 4.46. The minimum Gasteiger partial charge on any atom is -0.333 e. The number of rotatable bonds is 1. The maximum absolute atomic E-state index is 12.2. The highest BCUT2D eigenvalue weighted by Crippen LogP contribution is 2.28.